The van der Waals surface area contributed by atoms with Gasteiger partial charge in [0.15, 0.2) is 0 Å². The number of benzene rings is 1. The molecule has 1 amide bonds. The number of rotatable bonds is 3. The third kappa shape index (κ3) is 2.76. The number of hydrogen-bond donors (Lipinski definition) is 1. The van der Waals surface area contributed by atoms with Gasteiger partial charge < -0.3 is 10.2 Å². The van der Waals surface area contributed by atoms with E-state index in [1.807, 2.05) is 30.1 Å². The lowest BCUT2D eigenvalue weighted by molar-refractivity contribution is -0.120. The van der Waals surface area contributed by atoms with E-state index >= 15 is 0 Å². The fourth-order valence-electron chi connectivity index (χ4n) is 2.61. The van der Waals surface area contributed by atoms with Gasteiger partial charge in [-0.15, -0.1) is 12.4 Å². The molecule has 2 heterocycles. The highest BCUT2D eigenvalue weighted by Gasteiger charge is 2.28. The Bertz CT molecular complexity index is 462. The molecule has 0 radical (unpaired) electrons. The number of carbonyl (C=O) groups excluding carboxylic acids is 1. The number of amides is 1. The summed E-state index contributed by atoms with van der Waals surface area (Å²) in [4.78, 5) is 16.4. The first-order valence-electron chi connectivity index (χ1n) is 6.55. The molecule has 2 aliphatic heterocycles. The molecule has 19 heavy (non-hydrogen) atoms. The lowest BCUT2D eigenvalue weighted by atomic mass is 10.1. The summed E-state index contributed by atoms with van der Waals surface area (Å²) in [5.74, 6) is 0.217. The fourth-order valence-corrected chi connectivity index (χ4v) is 2.61. The topological polar surface area (TPSA) is 35.6 Å². The average Bonchev–Trinajstić information content (AvgIpc) is 2.69. The summed E-state index contributed by atoms with van der Waals surface area (Å²) >= 11 is 0. The Balaban J connectivity index is 0.00000133. The van der Waals surface area contributed by atoms with Gasteiger partial charge in [0.2, 0.25) is 5.91 Å². The van der Waals surface area contributed by atoms with Crippen molar-refractivity contribution in [3.8, 4) is 0 Å². The zero-order chi connectivity index (χ0) is 12.5. The van der Waals surface area contributed by atoms with Gasteiger partial charge in [0.1, 0.15) is 0 Å². The van der Waals surface area contributed by atoms with Crippen LogP contribution < -0.4 is 10.2 Å². The summed E-state index contributed by atoms with van der Waals surface area (Å²) < 4.78 is 0. The molecule has 0 spiro atoms. The van der Waals surface area contributed by atoms with Crippen molar-refractivity contribution in [3.63, 3.8) is 0 Å². The van der Waals surface area contributed by atoms with Crippen molar-refractivity contribution in [2.75, 3.05) is 38.1 Å². The fraction of sp³-hybridized carbons (Fsp3) is 0.500. The SMILES string of the molecule is CN(CC(=O)N1CCc2ccccc21)C1CNC1.Cl. The maximum Gasteiger partial charge on any atom is 0.241 e. The van der Waals surface area contributed by atoms with Crippen LogP contribution in [0.25, 0.3) is 0 Å². The monoisotopic (exact) mass is 281 g/mol. The Morgan fingerprint density at radius 3 is 2.84 bits per heavy atom. The molecule has 3 rings (SSSR count). The van der Waals surface area contributed by atoms with E-state index in [1.54, 1.807) is 0 Å². The van der Waals surface area contributed by atoms with Gasteiger partial charge in [-0.05, 0) is 25.1 Å². The normalized spacial score (nSPS) is 17.9. The van der Waals surface area contributed by atoms with E-state index in [0.717, 1.165) is 31.7 Å². The van der Waals surface area contributed by atoms with Crippen molar-refractivity contribution in [1.29, 1.82) is 0 Å². The van der Waals surface area contributed by atoms with Crippen LogP contribution >= 0.6 is 12.4 Å². The molecule has 1 saturated heterocycles. The van der Waals surface area contributed by atoms with Crippen molar-refractivity contribution < 1.29 is 4.79 Å². The summed E-state index contributed by atoms with van der Waals surface area (Å²) in [6, 6.07) is 8.72. The molecule has 0 atom stereocenters. The minimum absolute atomic E-state index is 0. The van der Waals surface area contributed by atoms with Gasteiger partial charge in [0, 0.05) is 31.4 Å². The van der Waals surface area contributed by atoms with E-state index in [4.69, 9.17) is 0 Å². The van der Waals surface area contributed by atoms with E-state index < -0.39 is 0 Å². The molecular formula is C14H20ClN3O. The van der Waals surface area contributed by atoms with Gasteiger partial charge in [-0.3, -0.25) is 9.69 Å². The van der Waals surface area contributed by atoms with Crippen LogP contribution in [0.5, 0.6) is 0 Å². The second-order valence-corrected chi connectivity index (χ2v) is 5.15. The molecule has 5 heteroatoms. The number of fused-ring (bicyclic) bond motifs is 1. The van der Waals surface area contributed by atoms with Gasteiger partial charge in [-0.1, -0.05) is 18.2 Å². The molecule has 0 aliphatic carbocycles. The molecule has 0 unspecified atom stereocenters. The number of nitrogens with zero attached hydrogens (tertiary/aromatic N) is 2. The first-order chi connectivity index (χ1) is 8.75. The number of anilines is 1. The highest BCUT2D eigenvalue weighted by atomic mass is 35.5. The molecule has 0 bridgehead atoms. The minimum Gasteiger partial charge on any atom is -0.314 e. The first kappa shape index (κ1) is 14.3. The van der Waals surface area contributed by atoms with Crippen molar-refractivity contribution in [2.24, 2.45) is 0 Å². The average molecular weight is 282 g/mol. The summed E-state index contributed by atoms with van der Waals surface area (Å²) in [5.41, 5.74) is 2.39. The molecule has 0 aromatic heterocycles. The molecule has 4 nitrogen and oxygen atoms in total. The zero-order valence-electron chi connectivity index (χ0n) is 11.1. The molecule has 1 aromatic carbocycles. The Morgan fingerprint density at radius 1 is 1.42 bits per heavy atom. The maximum absolute atomic E-state index is 12.3. The second-order valence-electron chi connectivity index (χ2n) is 5.15. The molecule has 0 saturated carbocycles. The standard InChI is InChI=1S/C14H19N3O.ClH/c1-16(12-8-15-9-12)10-14(18)17-7-6-11-4-2-3-5-13(11)17;/h2-5,12,15H,6-10H2,1H3;1H. The number of hydrogen-bond acceptors (Lipinski definition) is 3. The molecular weight excluding hydrogens is 262 g/mol. The maximum atomic E-state index is 12.3. The zero-order valence-corrected chi connectivity index (χ0v) is 11.9. The summed E-state index contributed by atoms with van der Waals surface area (Å²) in [5, 5.41) is 3.23. The lowest BCUT2D eigenvalue weighted by Gasteiger charge is -2.35. The molecule has 1 aromatic rings. The van der Waals surface area contributed by atoms with Crippen LogP contribution in [0.2, 0.25) is 0 Å². The van der Waals surface area contributed by atoms with E-state index in [2.05, 4.69) is 16.3 Å². The van der Waals surface area contributed by atoms with E-state index in [-0.39, 0.29) is 18.3 Å². The number of para-hydroxylation sites is 1. The minimum atomic E-state index is 0. The van der Waals surface area contributed by atoms with E-state index in [0.29, 0.717) is 12.6 Å². The third-order valence-electron chi connectivity index (χ3n) is 3.96. The largest absolute Gasteiger partial charge is 0.314 e. The molecule has 104 valence electrons. The van der Waals surface area contributed by atoms with Crippen LogP contribution in [-0.2, 0) is 11.2 Å². The Kier molecular flexibility index (Phi) is 4.45. The third-order valence-corrected chi connectivity index (χ3v) is 3.96. The van der Waals surface area contributed by atoms with Crippen molar-refractivity contribution in [2.45, 2.75) is 12.5 Å². The highest BCUT2D eigenvalue weighted by Crippen LogP contribution is 2.27. The predicted molar refractivity (Wildman–Crippen MR) is 79.0 cm³/mol. The number of halogens is 1. The quantitative estimate of drug-likeness (QED) is 0.894. The van der Waals surface area contributed by atoms with Crippen LogP contribution in [0, 0.1) is 0 Å². The van der Waals surface area contributed by atoms with Crippen LogP contribution in [0.3, 0.4) is 0 Å². The lowest BCUT2D eigenvalue weighted by Crippen LogP contribution is -2.57. The van der Waals surface area contributed by atoms with Crippen LogP contribution in [0.15, 0.2) is 24.3 Å². The molecule has 1 N–H and O–H groups in total. The van der Waals surface area contributed by atoms with E-state index in [1.165, 1.54) is 5.56 Å². The van der Waals surface area contributed by atoms with Crippen LogP contribution in [-0.4, -0.2) is 50.1 Å². The van der Waals surface area contributed by atoms with Crippen molar-refractivity contribution in [1.82, 2.24) is 10.2 Å². The van der Waals surface area contributed by atoms with Gasteiger partial charge >= 0.3 is 0 Å². The molecule has 2 aliphatic rings. The molecule has 1 fully saturated rings. The van der Waals surface area contributed by atoms with Gasteiger partial charge in [0.05, 0.1) is 6.54 Å². The van der Waals surface area contributed by atoms with Crippen molar-refractivity contribution in [3.05, 3.63) is 29.8 Å². The predicted octanol–water partition coefficient (Wildman–Crippen LogP) is 0.901. The van der Waals surface area contributed by atoms with Crippen LogP contribution in [0.4, 0.5) is 5.69 Å². The highest BCUT2D eigenvalue weighted by molar-refractivity contribution is 5.96. The summed E-state index contributed by atoms with van der Waals surface area (Å²) in [7, 11) is 2.03. The van der Waals surface area contributed by atoms with Gasteiger partial charge in [-0.2, -0.15) is 0 Å². The number of nitrogens with one attached hydrogen (secondary N) is 1. The van der Waals surface area contributed by atoms with Gasteiger partial charge in [0.25, 0.3) is 0 Å². The number of carbonyl (C=O) groups is 1. The van der Waals surface area contributed by atoms with Crippen LogP contribution in [0.1, 0.15) is 5.56 Å². The Labute approximate surface area is 120 Å². The Hall–Kier alpha value is -1.10. The smallest absolute Gasteiger partial charge is 0.241 e. The summed E-state index contributed by atoms with van der Waals surface area (Å²) in [6.07, 6.45) is 0.983. The van der Waals surface area contributed by atoms with Gasteiger partial charge in [-0.25, -0.2) is 0 Å². The number of likely N-dealkylation sites (N-methyl/N-ethyl adjacent to an activating group) is 1. The first-order valence-corrected chi connectivity index (χ1v) is 6.55. The Morgan fingerprint density at radius 2 is 2.16 bits per heavy atom. The summed E-state index contributed by atoms with van der Waals surface area (Å²) in [6.45, 7) is 3.34. The van der Waals surface area contributed by atoms with E-state index in [9.17, 15) is 4.79 Å². The second kappa shape index (κ2) is 5.90. The van der Waals surface area contributed by atoms with Crippen molar-refractivity contribution >= 4 is 24.0 Å².